The van der Waals surface area contributed by atoms with E-state index >= 15 is 0 Å². The van der Waals surface area contributed by atoms with Gasteiger partial charge in [-0.05, 0) is 12.1 Å². The van der Waals surface area contributed by atoms with Crippen LogP contribution in [-0.2, 0) is 23.9 Å². The molecule has 8 nitrogen and oxygen atoms in total. The maximum atomic E-state index is 11.9. The number of Topliss-reactive ketones (excluding diaryl/α,β-unsaturated/α-hetero) is 1. The Balaban J connectivity index is 2.64. The second kappa shape index (κ2) is 9.68. The van der Waals surface area contributed by atoms with Crippen molar-refractivity contribution in [3.8, 4) is 5.75 Å². The lowest BCUT2D eigenvalue weighted by atomic mass is 10.2. The Morgan fingerprint density at radius 1 is 1.21 bits per heavy atom. The molecule has 9 heteroatoms. The molecule has 0 radical (unpaired) electrons. The van der Waals surface area contributed by atoms with Crippen molar-refractivity contribution in [2.24, 2.45) is 5.73 Å². The van der Waals surface area contributed by atoms with Gasteiger partial charge in [-0.1, -0.05) is 18.2 Å². The number of thioether (sulfide) groups is 1. The fourth-order valence-electron chi connectivity index (χ4n) is 1.54. The average Bonchev–Trinajstić information content (AvgIpc) is 2.57. The van der Waals surface area contributed by atoms with E-state index in [9.17, 15) is 19.2 Å². The van der Waals surface area contributed by atoms with Crippen LogP contribution in [0.25, 0.3) is 0 Å². The standard InChI is InChI=1S/C15H17NO7S/c1-22-15(21)12(24-8-10(16)13(18)19)7-11(17)14(20)23-9-5-3-2-4-6-9/h2-6,10,12H,7-8,16H2,1H3,(H,18,19)/t10-,12?/m0/s1. The summed E-state index contributed by atoms with van der Waals surface area (Å²) in [5.41, 5.74) is 5.35. The largest absolute Gasteiger partial charge is 0.480 e. The van der Waals surface area contributed by atoms with Crippen molar-refractivity contribution in [2.75, 3.05) is 12.9 Å². The van der Waals surface area contributed by atoms with Crippen LogP contribution in [0.4, 0.5) is 0 Å². The van der Waals surface area contributed by atoms with Gasteiger partial charge < -0.3 is 20.3 Å². The third-order valence-corrected chi connectivity index (χ3v) is 4.12. The van der Waals surface area contributed by atoms with Crippen molar-refractivity contribution in [2.45, 2.75) is 17.7 Å². The number of esters is 2. The number of nitrogens with two attached hydrogens (primary N) is 1. The Labute approximate surface area is 142 Å². The molecule has 0 aliphatic rings. The summed E-state index contributed by atoms with van der Waals surface area (Å²) in [6, 6.07) is 6.79. The molecule has 1 rings (SSSR count). The third-order valence-electron chi connectivity index (χ3n) is 2.81. The minimum absolute atomic E-state index is 0.115. The lowest BCUT2D eigenvalue weighted by molar-refractivity contribution is -0.148. The monoisotopic (exact) mass is 355 g/mol. The van der Waals surface area contributed by atoms with Gasteiger partial charge in [-0.3, -0.25) is 14.4 Å². The first-order valence-corrected chi connectivity index (χ1v) is 7.88. The molecule has 0 amide bonds. The first-order chi connectivity index (χ1) is 11.3. The molecule has 1 aromatic rings. The van der Waals surface area contributed by atoms with Crippen LogP contribution in [0.3, 0.4) is 0 Å². The molecule has 2 atom stereocenters. The number of para-hydroxylation sites is 1. The van der Waals surface area contributed by atoms with Gasteiger partial charge >= 0.3 is 17.9 Å². The van der Waals surface area contributed by atoms with Gasteiger partial charge in [0.25, 0.3) is 0 Å². The average molecular weight is 355 g/mol. The number of aliphatic carboxylic acids is 1. The van der Waals surface area contributed by atoms with Crippen LogP contribution in [-0.4, -0.2) is 53.0 Å². The van der Waals surface area contributed by atoms with Gasteiger partial charge in [-0.15, -0.1) is 11.8 Å². The van der Waals surface area contributed by atoms with Crippen LogP contribution < -0.4 is 10.5 Å². The summed E-state index contributed by atoms with van der Waals surface area (Å²) in [6.45, 7) is 0. The first kappa shape index (κ1) is 19.7. The van der Waals surface area contributed by atoms with Gasteiger partial charge in [0.1, 0.15) is 17.0 Å². The van der Waals surface area contributed by atoms with E-state index in [0.29, 0.717) is 0 Å². The fraction of sp³-hybridized carbons (Fsp3) is 0.333. The molecular formula is C15H17NO7S. The second-order valence-electron chi connectivity index (χ2n) is 4.62. The van der Waals surface area contributed by atoms with E-state index in [0.717, 1.165) is 18.9 Å². The van der Waals surface area contributed by atoms with Gasteiger partial charge in [0.15, 0.2) is 0 Å². The molecule has 0 heterocycles. The van der Waals surface area contributed by atoms with Crippen LogP contribution in [0, 0.1) is 0 Å². The van der Waals surface area contributed by atoms with E-state index in [1.165, 1.54) is 12.1 Å². The molecule has 0 saturated heterocycles. The predicted octanol–water partition coefficient (Wildman–Crippen LogP) is 0.238. The van der Waals surface area contributed by atoms with Crippen molar-refractivity contribution in [3.63, 3.8) is 0 Å². The highest BCUT2D eigenvalue weighted by Gasteiger charge is 2.29. The van der Waals surface area contributed by atoms with Crippen molar-refractivity contribution < 1.29 is 33.8 Å². The fourth-order valence-corrected chi connectivity index (χ4v) is 2.62. The molecule has 0 aliphatic heterocycles. The van der Waals surface area contributed by atoms with Gasteiger partial charge in [-0.25, -0.2) is 4.79 Å². The SMILES string of the molecule is COC(=O)C(CC(=O)C(=O)Oc1ccccc1)SC[C@H](N)C(=O)O. The highest BCUT2D eigenvalue weighted by Crippen LogP contribution is 2.18. The number of carboxylic acids is 1. The van der Waals surface area contributed by atoms with Gasteiger partial charge in [0, 0.05) is 12.2 Å². The number of hydrogen-bond donors (Lipinski definition) is 2. The number of carbonyl (C=O) groups is 4. The van der Waals surface area contributed by atoms with Crippen LogP contribution in [0.5, 0.6) is 5.75 Å². The van der Waals surface area contributed by atoms with Crippen molar-refractivity contribution in [3.05, 3.63) is 30.3 Å². The summed E-state index contributed by atoms with van der Waals surface area (Å²) in [4.78, 5) is 46.0. The molecule has 1 unspecified atom stereocenters. The van der Waals surface area contributed by atoms with E-state index in [1.807, 2.05) is 0 Å². The molecule has 24 heavy (non-hydrogen) atoms. The van der Waals surface area contributed by atoms with Crippen molar-refractivity contribution >= 4 is 35.5 Å². The van der Waals surface area contributed by atoms with Gasteiger partial charge in [0.2, 0.25) is 5.78 Å². The summed E-state index contributed by atoms with van der Waals surface area (Å²) in [5, 5.41) is 7.68. The third kappa shape index (κ3) is 6.39. The molecule has 3 N–H and O–H groups in total. The lowest BCUT2D eigenvalue weighted by Crippen LogP contribution is -2.35. The molecule has 0 aromatic heterocycles. The number of methoxy groups -OCH3 is 1. The van der Waals surface area contributed by atoms with Gasteiger partial charge in [-0.2, -0.15) is 0 Å². The Bertz CT molecular complexity index is 605. The lowest BCUT2D eigenvalue weighted by Gasteiger charge is -2.14. The van der Waals surface area contributed by atoms with Crippen LogP contribution in [0.2, 0.25) is 0 Å². The van der Waals surface area contributed by atoms with E-state index in [4.69, 9.17) is 15.6 Å². The Morgan fingerprint density at radius 2 is 1.83 bits per heavy atom. The molecule has 0 aliphatic carbocycles. The van der Waals surface area contributed by atoms with Crippen molar-refractivity contribution in [1.82, 2.24) is 0 Å². The van der Waals surface area contributed by atoms with E-state index in [1.54, 1.807) is 18.2 Å². The van der Waals surface area contributed by atoms with E-state index in [-0.39, 0.29) is 11.5 Å². The minimum Gasteiger partial charge on any atom is -0.480 e. The summed E-state index contributed by atoms with van der Waals surface area (Å²) in [6.07, 6.45) is -0.477. The topological polar surface area (TPSA) is 133 Å². The number of ether oxygens (including phenoxy) is 2. The number of carboxylic acid groups (broad SMARTS) is 1. The molecule has 0 bridgehead atoms. The number of carbonyl (C=O) groups excluding carboxylic acids is 3. The minimum atomic E-state index is -1.24. The summed E-state index contributed by atoms with van der Waals surface area (Å²) in [7, 11) is 1.12. The van der Waals surface area contributed by atoms with Crippen molar-refractivity contribution in [1.29, 1.82) is 0 Å². The van der Waals surface area contributed by atoms with E-state index < -0.39 is 41.4 Å². The van der Waals surface area contributed by atoms with Gasteiger partial charge in [0.05, 0.1) is 7.11 Å². The molecule has 0 fully saturated rings. The molecule has 0 spiro atoms. The van der Waals surface area contributed by atoms with Crippen LogP contribution in [0.15, 0.2) is 30.3 Å². The summed E-state index contributed by atoms with van der Waals surface area (Å²) < 4.78 is 9.44. The highest BCUT2D eigenvalue weighted by atomic mass is 32.2. The number of rotatable bonds is 9. The molecule has 1 aromatic carbocycles. The molecular weight excluding hydrogens is 338 g/mol. The summed E-state index contributed by atoms with van der Waals surface area (Å²) >= 11 is 0.834. The smallest absolute Gasteiger partial charge is 0.380 e. The maximum absolute atomic E-state index is 11.9. The predicted molar refractivity (Wildman–Crippen MR) is 85.6 cm³/mol. The van der Waals surface area contributed by atoms with Crippen LogP contribution >= 0.6 is 11.8 Å². The zero-order chi connectivity index (χ0) is 18.1. The normalized spacial score (nSPS) is 12.8. The second-order valence-corrected chi connectivity index (χ2v) is 5.86. The number of benzene rings is 1. The highest BCUT2D eigenvalue weighted by molar-refractivity contribution is 8.00. The summed E-state index contributed by atoms with van der Waals surface area (Å²) in [5.74, 6) is -3.94. The van der Waals surface area contributed by atoms with Crippen LogP contribution in [0.1, 0.15) is 6.42 Å². The Morgan fingerprint density at radius 3 is 2.38 bits per heavy atom. The quantitative estimate of drug-likeness (QED) is 0.363. The number of hydrogen-bond acceptors (Lipinski definition) is 8. The maximum Gasteiger partial charge on any atom is 0.380 e. The number of ketones is 1. The zero-order valence-corrected chi connectivity index (χ0v) is 13.7. The van der Waals surface area contributed by atoms with E-state index in [2.05, 4.69) is 4.74 Å². The zero-order valence-electron chi connectivity index (χ0n) is 12.8. The Hall–Kier alpha value is -2.39. The first-order valence-electron chi connectivity index (χ1n) is 6.83. The molecule has 130 valence electrons. The Kier molecular flexibility index (Phi) is 7.93. The molecule has 0 saturated carbocycles.